The van der Waals surface area contributed by atoms with E-state index in [0.717, 1.165) is 5.56 Å². The number of nitrogens with one attached hydrogen (secondary N) is 1. The summed E-state index contributed by atoms with van der Waals surface area (Å²) in [6.45, 7) is 5.94. The second-order valence-corrected chi connectivity index (χ2v) is 7.53. The molecule has 0 bridgehead atoms. The van der Waals surface area contributed by atoms with Crippen LogP contribution in [-0.2, 0) is 14.8 Å². The third-order valence-electron chi connectivity index (χ3n) is 3.13. The predicted molar refractivity (Wildman–Crippen MR) is 81.6 cm³/mol. The van der Waals surface area contributed by atoms with E-state index in [0.29, 0.717) is 12.3 Å². The fourth-order valence-electron chi connectivity index (χ4n) is 2.25. The number of benzene rings is 1. The Balaban J connectivity index is 2.75. The summed E-state index contributed by atoms with van der Waals surface area (Å²) in [5.41, 5.74) is 0.863. The summed E-state index contributed by atoms with van der Waals surface area (Å²) in [7, 11) is -3.59. The molecule has 0 aromatic heterocycles. The number of hydrogen-bond donors (Lipinski definition) is 2. The van der Waals surface area contributed by atoms with Gasteiger partial charge in [0.2, 0.25) is 10.0 Å². The molecule has 0 fully saturated rings. The second-order valence-electron chi connectivity index (χ2n) is 5.76. The van der Waals surface area contributed by atoms with Gasteiger partial charge in [-0.1, -0.05) is 26.0 Å². The van der Waals surface area contributed by atoms with Crippen molar-refractivity contribution in [3.63, 3.8) is 0 Å². The lowest BCUT2D eigenvalue weighted by atomic mass is 9.94. The fourth-order valence-corrected chi connectivity index (χ4v) is 3.47. The first-order valence-electron chi connectivity index (χ1n) is 6.99. The highest BCUT2D eigenvalue weighted by Gasteiger charge is 2.19. The van der Waals surface area contributed by atoms with Crippen LogP contribution >= 0.6 is 0 Å². The molecule has 0 heterocycles. The predicted octanol–water partition coefficient (Wildman–Crippen LogP) is 2.41. The number of carbonyl (C=O) groups is 1. The van der Waals surface area contributed by atoms with Crippen LogP contribution in [0.5, 0.6) is 0 Å². The van der Waals surface area contributed by atoms with Gasteiger partial charge in [-0.25, -0.2) is 13.1 Å². The molecule has 1 aromatic rings. The SMILES string of the molecule is Cc1cccc(S(=O)(=O)NCC(CC(=O)O)CC(C)C)c1. The first-order chi connectivity index (χ1) is 9.70. The monoisotopic (exact) mass is 313 g/mol. The van der Waals surface area contributed by atoms with Crippen molar-refractivity contribution in [2.75, 3.05) is 6.54 Å². The normalized spacial score (nSPS) is 13.3. The first-order valence-corrected chi connectivity index (χ1v) is 8.47. The second kappa shape index (κ2) is 7.56. The van der Waals surface area contributed by atoms with Crippen molar-refractivity contribution >= 4 is 16.0 Å². The number of aryl methyl sites for hydroxylation is 1. The van der Waals surface area contributed by atoms with Crippen LogP contribution in [0.1, 0.15) is 32.3 Å². The molecule has 0 spiro atoms. The van der Waals surface area contributed by atoms with Crippen LogP contribution in [0.25, 0.3) is 0 Å². The summed E-state index contributed by atoms with van der Waals surface area (Å²) in [5.74, 6) is -0.796. The Hall–Kier alpha value is -1.40. The number of aliphatic carboxylic acids is 1. The Morgan fingerprint density at radius 3 is 2.52 bits per heavy atom. The van der Waals surface area contributed by atoms with Gasteiger partial charge in [0.05, 0.1) is 4.90 Å². The van der Waals surface area contributed by atoms with Crippen molar-refractivity contribution in [1.29, 1.82) is 0 Å². The number of carboxylic acids is 1. The van der Waals surface area contributed by atoms with E-state index in [9.17, 15) is 13.2 Å². The molecule has 0 aliphatic heterocycles. The van der Waals surface area contributed by atoms with Crippen LogP contribution in [-0.4, -0.2) is 26.0 Å². The molecule has 1 rings (SSSR count). The van der Waals surface area contributed by atoms with Crippen LogP contribution in [0.4, 0.5) is 0 Å². The van der Waals surface area contributed by atoms with Crippen LogP contribution in [0.3, 0.4) is 0 Å². The summed E-state index contributed by atoms with van der Waals surface area (Å²) in [6, 6.07) is 6.64. The average Bonchev–Trinajstić information content (AvgIpc) is 2.35. The molecule has 0 aliphatic rings. The standard InChI is InChI=1S/C15H23NO4S/c1-11(2)7-13(9-15(17)18)10-16-21(19,20)14-6-4-5-12(3)8-14/h4-6,8,11,13,16H,7,9-10H2,1-3H3,(H,17,18). The molecule has 1 atom stereocenters. The largest absolute Gasteiger partial charge is 0.481 e. The van der Waals surface area contributed by atoms with E-state index in [-0.39, 0.29) is 23.8 Å². The summed E-state index contributed by atoms with van der Waals surface area (Å²) in [5, 5.41) is 8.90. The van der Waals surface area contributed by atoms with E-state index >= 15 is 0 Å². The number of sulfonamides is 1. The summed E-state index contributed by atoms with van der Waals surface area (Å²) < 4.78 is 26.9. The van der Waals surface area contributed by atoms with Crippen LogP contribution in [0.2, 0.25) is 0 Å². The van der Waals surface area contributed by atoms with E-state index in [1.54, 1.807) is 12.1 Å². The lowest BCUT2D eigenvalue weighted by Gasteiger charge is -2.18. The van der Waals surface area contributed by atoms with Crippen molar-refractivity contribution in [2.45, 2.75) is 38.5 Å². The Labute approximate surface area is 126 Å². The van der Waals surface area contributed by atoms with Crippen LogP contribution in [0, 0.1) is 18.8 Å². The molecule has 118 valence electrons. The van der Waals surface area contributed by atoms with Gasteiger partial charge >= 0.3 is 5.97 Å². The number of hydrogen-bond acceptors (Lipinski definition) is 3. The molecule has 0 radical (unpaired) electrons. The van der Waals surface area contributed by atoms with Gasteiger partial charge in [-0.3, -0.25) is 4.79 Å². The van der Waals surface area contributed by atoms with Crippen molar-refractivity contribution in [1.82, 2.24) is 4.72 Å². The lowest BCUT2D eigenvalue weighted by Crippen LogP contribution is -2.31. The third kappa shape index (κ3) is 6.27. The Bertz CT molecular complexity index is 581. The minimum Gasteiger partial charge on any atom is -0.481 e. The zero-order valence-electron chi connectivity index (χ0n) is 12.7. The first kappa shape index (κ1) is 17.7. The maximum atomic E-state index is 12.2. The highest BCUT2D eigenvalue weighted by atomic mass is 32.2. The lowest BCUT2D eigenvalue weighted by molar-refractivity contribution is -0.138. The smallest absolute Gasteiger partial charge is 0.303 e. The van der Waals surface area contributed by atoms with Crippen LogP contribution in [0.15, 0.2) is 29.2 Å². The van der Waals surface area contributed by atoms with Gasteiger partial charge < -0.3 is 5.11 Å². The van der Waals surface area contributed by atoms with Crippen molar-refractivity contribution in [2.24, 2.45) is 11.8 Å². The van der Waals surface area contributed by atoms with Gasteiger partial charge in [0.15, 0.2) is 0 Å². The maximum absolute atomic E-state index is 12.2. The minimum atomic E-state index is -3.59. The van der Waals surface area contributed by atoms with E-state index in [1.165, 1.54) is 6.07 Å². The van der Waals surface area contributed by atoms with Gasteiger partial charge in [-0.15, -0.1) is 0 Å². The molecule has 0 saturated carbocycles. The van der Waals surface area contributed by atoms with E-state index in [1.807, 2.05) is 26.8 Å². The van der Waals surface area contributed by atoms with Gasteiger partial charge in [0.25, 0.3) is 0 Å². The molecule has 0 amide bonds. The maximum Gasteiger partial charge on any atom is 0.303 e. The molecule has 1 unspecified atom stereocenters. The fraction of sp³-hybridized carbons (Fsp3) is 0.533. The molecule has 1 aromatic carbocycles. The van der Waals surface area contributed by atoms with Crippen LogP contribution < -0.4 is 4.72 Å². The van der Waals surface area contributed by atoms with Gasteiger partial charge in [0, 0.05) is 13.0 Å². The highest BCUT2D eigenvalue weighted by molar-refractivity contribution is 7.89. The third-order valence-corrected chi connectivity index (χ3v) is 4.55. The molecular formula is C15H23NO4S. The summed E-state index contributed by atoms with van der Waals surface area (Å²) in [6.07, 6.45) is 0.636. The zero-order chi connectivity index (χ0) is 16.0. The number of rotatable bonds is 8. The molecule has 6 heteroatoms. The summed E-state index contributed by atoms with van der Waals surface area (Å²) in [4.78, 5) is 11.1. The van der Waals surface area contributed by atoms with E-state index in [4.69, 9.17) is 5.11 Å². The summed E-state index contributed by atoms with van der Waals surface area (Å²) >= 11 is 0. The molecular weight excluding hydrogens is 290 g/mol. The quantitative estimate of drug-likeness (QED) is 0.772. The zero-order valence-corrected chi connectivity index (χ0v) is 13.5. The van der Waals surface area contributed by atoms with Crippen molar-refractivity contribution < 1.29 is 18.3 Å². The Morgan fingerprint density at radius 2 is 2.00 bits per heavy atom. The van der Waals surface area contributed by atoms with E-state index in [2.05, 4.69) is 4.72 Å². The topological polar surface area (TPSA) is 83.5 Å². The molecule has 5 nitrogen and oxygen atoms in total. The molecule has 0 saturated heterocycles. The molecule has 2 N–H and O–H groups in total. The Kier molecular flexibility index (Phi) is 6.36. The Morgan fingerprint density at radius 1 is 1.33 bits per heavy atom. The molecule has 21 heavy (non-hydrogen) atoms. The van der Waals surface area contributed by atoms with E-state index < -0.39 is 16.0 Å². The molecule has 0 aliphatic carbocycles. The van der Waals surface area contributed by atoms with Gasteiger partial charge in [-0.2, -0.15) is 0 Å². The van der Waals surface area contributed by atoms with Gasteiger partial charge in [-0.05, 0) is 42.9 Å². The average molecular weight is 313 g/mol. The van der Waals surface area contributed by atoms with Crippen molar-refractivity contribution in [3.8, 4) is 0 Å². The minimum absolute atomic E-state index is 0.0332. The highest BCUT2D eigenvalue weighted by Crippen LogP contribution is 2.16. The van der Waals surface area contributed by atoms with Gasteiger partial charge in [0.1, 0.15) is 0 Å². The van der Waals surface area contributed by atoms with Crippen molar-refractivity contribution in [3.05, 3.63) is 29.8 Å². The number of carboxylic acid groups (broad SMARTS) is 1.